The summed E-state index contributed by atoms with van der Waals surface area (Å²) in [6.45, 7) is -0.0767. The van der Waals surface area contributed by atoms with Gasteiger partial charge >= 0.3 is 5.97 Å². The van der Waals surface area contributed by atoms with Crippen molar-refractivity contribution in [3.8, 4) is 11.5 Å². The minimum Gasteiger partial charge on any atom is -0.493 e. The Bertz CT molecular complexity index is 711. The third-order valence-corrected chi connectivity index (χ3v) is 4.79. The van der Waals surface area contributed by atoms with Crippen molar-refractivity contribution in [2.75, 3.05) is 20.8 Å². The Morgan fingerprint density at radius 2 is 1.77 bits per heavy atom. The third kappa shape index (κ3) is 3.87. The van der Waals surface area contributed by atoms with E-state index in [0.29, 0.717) is 12.8 Å². The van der Waals surface area contributed by atoms with Crippen LogP contribution in [0.2, 0.25) is 0 Å². The van der Waals surface area contributed by atoms with Gasteiger partial charge in [0.05, 0.1) is 30.6 Å². The van der Waals surface area contributed by atoms with Crippen molar-refractivity contribution in [2.45, 2.75) is 32.1 Å². The molecule has 0 aliphatic heterocycles. The van der Waals surface area contributed by atoms with Gasteiger partial charge in [-0.2, -0.15) is 0 Å². The lowest BCUT2D eigenvalue weighted by atomic mass is 9.74. The van der Waals surface area contributed by atoms with Crippen LogP contribution in [0.4, 0.5) is 5.69 Å². The molecule has 0 spiro atoms. The standard InChI is InChI=1S/C17H22N2O7/c1-25-13-8-11(12(19(23)24)9-14(13)26-2)15(20)18-10-17(16(21)22)6-4-3-5-7-17/h8-9H,3-7,10H2,1-2H3,(H,18,20)(H,21,22). The maximum absolute atomic E-state index is 12.5. The minimum atomic E-state index is -1.03. The monoisotopic (exact) mass is 366 g/mol. The highest BCUT2D eigenvalue weighted by Gasteiger charge is 2.40. The molecular weight excluding hydrogens is 344 g/mol. The maximum atomic E-state index is 12.5. The van der Waals surface area contributed by atoms with E-state index >= 15 is 0 Å². The summed E-state index contributed by atoms with van der Waals surface area (Å²) < 4.78 is 10.1. The van der Waals surface area contributed by atoms with Crippen LogP contribution < -0.4 is 14.8 Å². The van der Waals surface area contributed by atoms with Gasteiger partial charge in [-0.3, -0.25) is 19.7 Å². The smallest absolute Gasteiger partial charge is 0.311 e. The van der Waals surface area contributed by atoms with E-state index < -0.39 is 27.9 Å². The van der Waals surface area contributed by atoms with Gasteiger partial charge in [-0.15, -0.1) is 0 Å². The molecule has 1 amide bonds. The van der Waals surface area contributed by atoms with E-state index in [2.05, 4.69) is 5.32 Å². The molecule has 1 aromatic carbocycles. The van der Waals surface area contributed by atoms with Crippen molar-refractivity contribution < 1.29 is 29.1 Å². The van der Waals surface area contributed by atoms with E-state index in [4.69, 9.17) is 9.47 Å². The van der Waals surface area contributed by atoms with Gasteiger partial charge in [0.1, 0.15) is 5.56 Å². The number of carboxylic acids is 1. The molecule has 1 aromatic rings. The Morgan fingerprint density at radius 3 is 2.27 bits per heavy atom. The number of benzene rings is 1. The molecule has 26 heavy (non-hydrogen) atoms. The van der Waals surface area contributed by atoms with Crippen LogP contribution >= 0.6 is 0 Å². The number of methoxy groups -OCH3 is 2. The first-order valence-electron chi connectivity index (χ1n) is 8.26. The summed E-state index contributed by atoms with van der Waals surface area (Å²) in [6.07, 6.45) is 3.45. The number of nitrogens with one attached hydrogen (secondary N) is 1. The molecule has 0 heterocycles. The highest BCUT2D eigenvalue weighted by atomic mass is 16.6. The Morgan fingerprint density at radius 1 is 1.19 bits per heavy atom. The van der Waals surface area contributed by atoms with Crippen LogP contribution in [0.1, 0.15) is 42.5 Å². The number of carbonyl (C=O) groups is 2. The lowest BCUT2D eigenvalue weighted by Crippen LogP contribution is -2.44. The average Bonchev–Trinajstić information content (AvgIpc) is 2.65. The van der Waals surface area contributed by atoms with Crippen molar-refractivity contribution in [1.29, 1.82) is 0 Å². The second-order valence-corrected chi connectivity index (χ2v) is 6.31. The van der Waals surface area contributed by atoms with Gasteiger partial charge in [-0.25, -0.2) is 0 Å². The zero-order valence-corrected chi connectivity index (χ0v) is 14.7. The number of carbonyl (C=O) groups excluding carboxylic acids is 1. The number of hydrogen-bond donors (Lipinski definition) is 2. The van der Waals surface area contributed by atoms with E-state index in [0.717, 1.165) is 25.3 Å². The van der Waals surface area contributed by atoms with Gasteiger partial charge in [0, 0.05) is 12.6 Å². The molecule has 0 bridgehead atoms. The first-order chi connectivity index (χ1) is 12.3. The van der Waals surface area contributed by atoms with E-state index in [1.165, 1.54) is 20.3 Å². The average molecular weight is 366 g/mol. The first kappa shape index (κ1) is 19.5. The normalized spacial score (nSPS) is 15.8. The van der Waals surface area contributed by atoms with Gasteiger partial charge < -0.3 is 19.9 Å². The number of carboxylic acid groups (broad SMARTS) is 1. The first-order valence-corrected chi connectivity index (χ1v) is 8.26. The van der Waals surface area contributed by atoms with E-state index in [-0.39, 0.29) is 23.6 Å². The summed E-state index contributed by atoms with van der Waals surface area (Å²) in [6, 6.07) is 2.34. The summed E-state index contributed by atoms with van der Waals surface area (Å²) in [7, 11) is 2.69. The molecule has 9 nitrogen and oxygen atoms in total. The fourth-order valence-corrected chi connectivity index (χ4v) is 3.24. The second kappa shape index (κ2) is 8.03. The van der Waals surface area contributed by atoms with Crippen LogP contribution in [0.5, 0.6) is 11.5 Å². The van der Waals surface area contributed by atoms with Crippen LogP contribution in [-0.2, 0) is 4.79 Å². The minimum absolute atomic E-state index is 0.0767. The fraction of sp³-hybridized carbons (Fsp3) is 0.529. The van der Waals surface area contributed by atoms with E-state index in [9.17, 15) is 24.8 Å². The molecule has 0 saturated heterocycles. The van der Waals surface area contributed by atoms with Crippen LogP contribution in [-0.4, -0.2) is 42.7 Å². The summed E-state index contributed by atoms with van der Waals surface area (Å²) in [5.41, 5.74) is -1.67. The van der Waals surface area contributed by atoms with Gasteiger partial charge in [-0.05, 0) is 12.8 Å². The van der Waals surface area contributed by atoms with E-state index in [1.54, 1.807) is 0 Å². The van der Waals surface area contributed by atoms with Crippen molar-refractivity contribution in [2.24, 2.45) is 5.41 Å². The predicted molar refractivity (Wildman–Crippen MR) is 91.7 cm³/mol. The Balaban J connectivity index is 2.28. The number of nitro groups is 1. The largest absolute Gasteiger partial charge is 0.493 e. The molecule has 2 N–H and O–H groups in total. The molecule has 9 heteroatoms. The number of hydrogen-bond acceptors (Lipinski definition) is 6. The summed E-state index contributed by atoms with van der Waals surface area (Å²) in [5.74, 6) is -1.37. The fourth-order valence-electron chi connectivity index (χ4n) is 3.24. The maximum Gasteiger partial charge on any atom is 0.311 e. The lowest BCUT2D eigenvalue weighted by Gasteiger charge is -2.33. The van der Waals surface area contributed by atoms with Gasteiger partial charge in [-0.1, -0.05) is 19.3 Å². The van der Waals surface area contributed by atoms with Crippen molar-refractivity contribution in [1.82, 2.24) is 5.32 Å². The topological polar surface area (TPSA) is 128 Å². The van der Waals surface area contributed by atoms with Crippen LogP contribution in [0, 0.1) is 15.5 Å². The number of aliphatic carboxylic acids is 1. The Kier molecular flexibility index (Phi) is 6.01. The Hall–Kier alpha value is -2.84. The third-order valence-electron chi connectivity index (χ3n) is 4.79. The van der Waals surface area contributed by atoms with E-state index in [1.807, 2.05) is 0 Å². The number of nitrogens with zero attached hydrogens (tertiary/aromatic N) is 1. The SMILES string of the molecule is COc1cc(C(=O)NCC2(C(=O)O)CCCCC2)c([N+](=O)[O-])cc1OC. The summed E-state index contributed by atoms with van der Waals surface area (Å²) in [4.78, 5) is 34.8. The van der Waals surface area contributed by atoms with Crippen LogP contribution in [0.3, 0.4) is 0 Å². The summed E-state index contributed by atoms with van der Waals surface area (Å²) >= 11 is 0. The van der Waals surface area contributed by atoms with Crippen molar-refractivity contribution >= 4 is 17.6 Å². The van der Waals surface area contributed by atoms with Crippen LogP contribution in [0.25, 0.3) is 0 Å². The number of rotatable bonds is 7. The number of nitro benzene ring substituents is 1. The zero-order valence-electron chi connectivity index (χ0n) is 14.7. The molecule has 0 radical (unpaired) electrons. The van der Waals surface area contributed by atoms with Gasteiger partial charge in [0.15, 0.2) is 11.5 Å². The highest BCUT2D eigenvalue weighted by molar-refractivity contribution is 5.99. The molecule has 0 unspecified atom stereocenters. The van der Waals surface area contributed by atoms with Gasteiger partial charge in [0.25, 0.3) is 11.6 Å². The number of ether oxygens (including phenoxy) is 2. The molecule has 2 rings (SSSR count). The van der Waals surface area contributed by atoms with Crippen molar-refractivity contribution in [3.05, 3.63) is 27.8 Å². The second-order valence-electron chi connectivity index (χ2n) is 6.31. The molecule has 0 atom stereocenters. The lowest BCUT2D eigenvalue weighted by molar-refractivity contribution is -0.385. The zero-order chi connectivity index (χ0) is 19.3. The van der Waals surface area contributed by atoms with Crippen LogP contribution in [0.15, 0.2) is 12.1 Å². The molecular formula is C17H22N2O7. The molecule has 1 fully saturated rings. The predicted octanol–water partition coefficient (Wildman–Crippen LogP) is 2.38. The Labute approximate surface area is 150 Å². The summed E-state index contributed by atoms with van der Waals surface area (Å²) in [5, 5.41) is 23.4. The van der Waals surface area contributed by atoms with Gasteiger partial charge in [0.2, 0.25) is 0 Å². The molecule has 0 aromatic heterocycles. The van der Waals surface area contributed by atoms with Crippen molar-refractivity contribution in [3.63, 3.8) is 0 Å². The molecule has 1 aliphatic rings. The molecule has 142 valence electrons. The molecule has 1 saturated carbocycles. The highest BCUT2D eigenvalue weighted by Crippen LogP contribution is 2.37. The number of amides is 1. The quantitative estimate of drug-likeness (QED) is 0.560. The molecule has 1 aliphatic carbocycles.